The summed E-state index contributed by atoms with van der Waals surface area (Å²) in [7, 11) is 0. The van der Waals surface area contributed by atoms with Crippen LogP contribution in [0, 0.1) is 12.7 Å². The van der Waals surface area contributed by atoms with Crippen molar-refractivity contribution in [1.29, 1.82) is 0 Å². The first-order valence-corrected chi connectivity index (χ1v) is 5.21. The van der Waals surface area contributed by atoms with Crippen LogP contribution in [0.25, 0.3) is 10.9 Å². The number of pyridine rings is 1. The molecule has 3 N–H and O–H groups in total. The Kier molecular flexibility index (Phi) is 2.64. The highest BCUT2D eigenvalue weighted by Crippen LogP contribution is 2.29. The minimum atomic E-state index is -0.243. The number of aromatic nitrogens is 1. The summed E-state index contributed by atoms with van der Waals surface area (Å²) in [6, 6.07) is 3.21. The molecule has 0 bridgehead atoms. The second-order valence-electron chi connectivity index (χ2n) is 3.74. The number of nitrogens with zero attached hydrogens (tertiary/aromatic N) is 1. The fraction of sp³-hybridized carbons (Fsp3) is 0.250. The summed E-state index contributed by atoms with van der Waals surface area (Å²) >= 11 is 0. The maximum Gasteiger partial charge on any atom is 0.128 e. The van der Waals surface area contributed by atoms with E-state index in [1.165, 1.54) is 6.07 Å². The summed E-state index contributed by atoms with van der Waals surface area (Å²) in [5, 5.41) is 4.04. The van der Waals surface area contributed by atoms with Crippen LogP contribution in [-0.4, -0.2) is 11.5 Å². The van der Waals surface area contributed by atoms with Gasteiger partial charge >= 0.3 is 0 Å². The largest absolute Gasteiger partial charge is 0.396 e. The summed E-state index contributed by atoms with van der Waals surface area (Å²) in [5.41, 5.74) is 8.47. The van der Waals surface area contributed by atoms with Gasteiger partial charge in [-0.2, -0.15) is 0 Å². The standard InChI is InChI=1S/C12H14FN3/c1-3-15-12-8-4-7(2)9(13)5-11(8)16-6-10(12)14/h4-6H,3,14H2,1-2H3,(H,15,16). The summed E-state index contributed by atoms with van der Waals surface area (Å²) in [6.07, 6.45) is 1.55. The van der Waals surface area contributed by atoms with Gasteiger partial charge in [0.05, 0.1) is 23.1 Å². The highest BCUT2D eigenvalue weighted by Gasteiger charge is 2.08. The van der Waals surface area contributed by atoms with Gasteiger partial charge in [-0.15, -0.1) is 0 Å². The van der Waals surface area contributed by atoms with E-state index in [9.17, 15) is 4.39 Å². The van der Waals surface area contributed by atoms with Crippen LogP contribution in [0.1, 0.15) is 12.5 Å². The van der Waals surface area contributed by atoms with Gasteiger partial charge in [0.2, 0.25) is 0 Å². The first-order valence-electron chi connectivity index (χ1n) is 5.21. The first-order chi connectivity index (χ1) is 7.63. The van der Waals surface area contributed by atoms with Crippen LogP contribution in [0.4, 0.5) is 15.8 Å². The molecule has 0 radical (unpaired) electrons. The number of hydrogen-bond donors (Lipinski definition) is 2. The number of fused-ring (bicyclic) bond motifs is 1. The summed E-state index contributed by atoms with van der Waals surface area (Å²) in [4.78, 5) is 4.12. The lowest BCUT2D eigenvalue weighted by molar-refractivity contribution is 0.620. The topological polar surface area (TPSA) is 50.9 Å². The van der Waals surface area contributed by atoms with Crippen LogP contribution in [0.3, 0.4) is 0 Å². The van der Waals surface area contributed by atoms with Gasteiger partial charge in [0.1, 0.15) is 5.82 Å². The number of halogens is 1. The predicted molar refractivity (Wildman–Crippen MR) is 65.0 cm³/mol. The van der Waals surface area contributed by atoms with Crippen molar-refractivity contribution in [3.8, 4) is 0 Å². The Labute approximate surface area is 93.5 Å². The van der Waals surface area contributed by atoms with Gasteiger partial charge in [-0.05, 0) is 25.5 Å². The zero-order chi connectivity index (χ0) is 11.7. The number of nitrogen functional groups attached to an aromatic ring is 1. The van der Waals surface area contributed by atoms with Crippen molar-refractivity contribution in [3.05, 3.63) is 29.7 Å². The molecule has 0 saturated heterocycles. The van der Waals surface area contributed by atoms with Gasteiger partial charge in [0.15, 0.2) is 0 Å². The van der Waals surface area contributed by atoms with Crippen molar-refractivity contribution in [2.24, 2.45) is 0 Å². The monoisotopic (exact) mass is 219 g/mol. The Hall–Kier alpha value is -1.84. The van der Waals surface area contributed by atoms with Gasteiger partial charge in [-0.25, -0.2) is 4.39 Å². The van der Waals surface area contributed by atoms with Crippen LogP contribution in [-0.2, 0) is 0 Å². The molecule has 0 fully saturated rings. The van der Waals surface area contributed by atoms with E-state index < -0.39 is 0 Å². The summed E-state index contributed by atoms with van der Waals surface area (Å²) in [6.45, 7) is 4.48. The smallest absolute Gasteiger partial charge is 0.128 e. The molecular weight excluding hydrogens is 205 g/mol. The van der Waals surface area contributed by atoms with Crippen molar-refractivity contribution < 1.29 is 4.39 Å². The van der Waals surface area contributed by atoms with Crippen molar-refractivity contribution in [2.75, 3.05) is 17.6 Å². The average Bonchev–Trinajstić information content (AvgIpc) is 2.25. The zero-order valence-corrected chi connectivity index (χ0v) is 9.34. The molecule has 16 heavy (non-hydrogen) atoms. The number of aryl methyl sites for hydroxylation is 1. The molecule has 0 aliphatic rings. The molecule has 1 heterocycles. The average molecular weight is 219 g/mol. The van der Waals surface area contributed by atoms with Crippen molar-refractivity contribution >= 4 is 22.3 Å². The second-order valence-corrected chi connectivity index (χ2v) is 3.74. The van der Waals surface area contributed by atoms with Crippen LogP contribution in [0.5, 0.6) is 0 Å². The SMILES string of the molecule is CCNc1c(N)cnc2cc(F)c(C)cc12. The van der Waals surface area contributed by atoms with E-state index in [1.807, 2.05) is 6.92 Å². The quantitative estimate of drug-likeness (QED) is 0.816. The molecule has 3 nitrogen and oxygen atoms in total. The fourth-order valence-electron chi connectivity index (χ4n) is 1.71. The van der Waals surface area contributed by atoms with Crippen molar-refractivity contribution in [2.45, 2.75) is 13.8 Å². The molecular formula is C12H14FN3. The third kappa shape index (κ3) is 1.66. The third-order valence-electron chi connectivity index (χ3n) is 2.53. The van der Waals surface area contributed by atoms with Gasteiger partial charge in [-0.1, -0.05) is 0 Å². The van der Waals surface area contributed by atoms with Crippen molar-refractivity contribution in [1.82, 2.24) is 4.98 Å². The summed E-state index contributed by atoms with van der Waals surface area (Å²) in [5.74, 6) is -0.243. The number of benzene rings is 1. The minimum absolute atomic E-state index is 0.243. The molecule has 1 aromatic heterocycles. The molecule has 0 aliphatic carbocycles. The Morgan fingerprint density at radius 3 is 2.88 bits per heavy atom. The van der Waals surface area contributed by atoms with E-state index in [4.69, 9.17) is 5.73 Å². The van der Waals surface area contributed by atoms with E-state index in [-0.39, 0.29) is 5.82 Å². The number of rotatable bonds is 2. The second kappa shape index (κ2) is 3.96. The summed E-state index contributed by atoms with van der Waals surface area (Å²) < 4.78 is 13.4. The Morgan fingerprint density at radius 1 is 1.44 bits per heavy atom. The number of hydrogen-bond acceptors (Lipinski definition) is 3. The van der Waals surface area contributed by atoms with Crippen LogP contribution >= 0.6 is 0 Å². The fourth-order valence-corrected chi connectivity index (χ4v) is 1.71. The molecule has 1 aromatic carbocycles. The molecule has 4 heteroatoms. The molecule has 0 unspecified atom stereocenters. The van der Waals surface area contributed by atoms with Crippen LogP contribution in [0.15, 0.2) is 18.3 Å². The third-order valence-corrected chi connectivity index (χ3v) is 2.53. The predicted octanol–water partition coefficient (Wildman–Crippen LogP) is 2.70. The minimum Gasteiger partial charge on any atom is -0.396 e. The van der Waals surface area contributed by atoms with E-state index in [0.29, 0.717) is 16.8 Å². The molecule has 0 spiro atoms. The maximum atomic E-state index is 13.4. The first kappa shape index (κ1) is 10.7. The van der Waals surface area contributed by atoms with E-state index in [0.717, 1.165) is 17.6 Å². The maximum absolute atomic E-state index is 13.4. The molecule has 2 aromatic rings. The van der Waals surface area contributed by atoms with Gasteiger partial charge < -0.3 is 11.1 Å². The van der Waals surface area contributed by atoms with E-state index in [1.54, 1.807) is 19.2 Å². The van der Waals surface area contributed by atoms with Gasteiger partial charge in [0.25, 0.3) is 0 Å². The van der Waals surface area contributed by atoms with Crippen LogP contribution in [0.2, 0.25) is 0 Å². The Morgan fingerprint density at radius 2 is 2.19 bits per heavy atom. The zero-order valence-electron chi connectivity index (χ0n) is 9.34. The number of nitrogens with one attached hydrogen (secondary N) is 1. The lowest BCUT2D eigenvalue weighted by Gasteiger charge is -2.11. The van der Waals surface area contributed by atoms with E-state index >= 15 is 0 Å². The molecule has 0 saturated carbocycles. The lowest BCUT2D eigenvalue weighted by atomic mass is 10.1. The molecule has 0 aliphatic heterocycles. The highest BCUT2D eigenvalue weighted by atomic mass is 19.1. The van der Waals surface area contributed by atoms with Gasteiger partial charge in [-0.3, -0.25) is 4.98 Å². The normalized spacial score (nSPS) is 10.7. The number of nitrogens with two attached hydrogens (primary N) is 1. The molecule has 84 valence electrons. The lowest BCUT2D eigenvalue weighted by Crippen LogP contribution is -2.03. The van der Waals surface area contributed by atoms with Crippen molar-refractivity contribution in [3.63, 3.8) is 0 Å². The molecule has 2 rings (SSSR count). The Balaban J connectivity index is 2.76. The highest BCUT2D eigenvalue weighted by molar-refractivity contribution is 5.97. The van der Waals surface area contributed by atoms with E-state index in [2.05, 4.69) is 10.3 Å². The Bertz CT molecular complexity index is 537. The molecule has 0 atom stereocenters. The number of anilines is 2. The van der Waals surface area contributed by atoms with Crippen LogP contribution < -0.4 is 11.1 Å². The van der Waals surface area contributed by atoms with Gasteiger partial charge in [0, 0.05) is 18.0 Å². The molecule has 0 amide bonds.